The molecule has 1 atom stereocenters. The fourth-order valence-electron chi connectivity index (χ4n) is 1.42. The first-order valence-electron chi connectivity index (χ1n) is 5.49. The SMILES string of the molecule is COc1cc(Br)c(S(=O)(=O)NC(C)CN)cc1OC. The molecule has 1 aromatic rings. The van der Waals surface area contributed by atoms with E-state index in [4.69, 9.17) is 15.2 Å². The molecule has 0 saturated heterocycles. The molecule has 0 bridgehead atoms. The average molecular weight is 353 g/mol. The summed E-state index contributed by atoms with van der Waals surface area (Å²) >= 11 is 3.21. The van der Waals surface area contributed by atoms with Gasteiger partial charge in [-0.3, -0.25) is 0 Å². The van der Waals surface area contributed by atoms with Gasteiger partial charge in [-0.2, -0.15) is 0 Å². The Morgan fingerprint density at radius 1 is 1.32 bits per heavy atom. The summed E-state index contributed by atoms with van der Waals surface area (Å²) < 4.78 is 37.4. The van der Waals surface area contributed by atoms with Crippen molar-refractivity contribution in [3.05, 3.63) is 16.6 Å². The third-order valence-electron chi connectivity index (χ3n) is 2.44. The zero-order chi connectivity index (χ0) is 14.6. The van der Waals surface area contributed by atoms with Crippen LogP contribution in [0.1, 0.15) is 6.92 Å². The summed E-state index contributed by atoms with van der Waals surface area (Å²) in [6.07, 6.45) is 0. The maximum absolute atomic E-state index is 12.2. The van der Waals surface area contributed by atoms with Crippen molar-refractivity contribution in [3.8, 4) is 11.5 Å². The number of ether oxygens (including phenoxy) is 2. The number of hydrogen-bond acceptors (Lipinski definition) is 5. The van der Waals surface area contributed by atoms with Gasteiger partial charge >= 0.3 is 0 Å². The molecule has 0 radical (unpaired) electrons. The van der Waals surface area contributed by atoms with Crippen molar-refractivity contribution in [3.63, 3.8) is 0 Å². The highest BCUT2D eigenvalue weighted by molar-refractivity contribution is 9.10. The first kappa shape index (κ1) is 16.2. The third-order valence-corrected chi connectivity index (χ3v) is 4.99. The topological polar surface area (TPSA) is 90.7 Å². The summed E-state index contributed by atoms with van der Waals surface area (Å²) in [6.45, 7) is 1.90. The van der Waals surface area contributed by atoms with Crippen LogP contribution in [-0.4, -0.2) is 35.2 Å². The highest BCUT2D eigenvalue weighted by atomic mass is 79.9. The Hall–Kier alpha value is -0.830. The van der Waals surface area contributed by atoms with Crippen LogP contribution >= 0.6 is 15.9 Å². The Morgan fingerprint density at radius 3 is 2.32 bits per heavy atom. The lowest BCUT2D eigenvalue weighted by Crippen LogP contribution is -2.37. The first-order valence-corrected chi connectivity index (χ1v) is 7.77. The summed E-state index contributed by atoms with van der Waals surface area (Å²) in [4.78, 5) is 0.0745. The molecule has 0 aliphatic heterocycles. The molecule has 1 unspecified atom stereocenters. The number of hydrogen-bond donors (Lipinski definition) is 2. The maximum Gasteiger partial charge on any atom is 0.242 e. The predicted octanol–water partition coefficient (Wildman–Crippen LogP) is 1.09. The van der Waals surface area contributed by atoms with Crippen molar-refractivity contribution in [1.29, 1.82) is 0 Å². The molecule has 3 N–H and O–H groups in total. The van der Waals surface area contributed by atoms with Crippen LogP contribution in [0.2, 0.25) is 0 Å². The van der Waals surface area contributed by atoms with E-state index in [0.717, 1.165) is 0 Å². The second-order valence-corrected chi connectivity index (χ2v) is 6.43. The predicted molar refractivity (Wildman–Crippen MR) is 76.1 cm³/mol. The summed E-state index contributed by atoms with van der Waals surface area (Å²) in [5, 5.41) is 0. The molecular weight excluding hydrogens is 336 g/mol. The van der Waals surface area contributed by atoms with Gasteiger partial charge in [0.1, 0.15) is 4.90 Å². The highest BCUT2D eigenvalue weighted by Crippen LogP contribution is 2.35. The number of halogens is 1. The number of methoxy groups -OCH3 is 2. The second kappa shape index (κ2) is 6.56. The van der Waals surface area contributed by atoms with Gasteiger partial charge in [-0.25, -0.2) is 13.1 Å². The van der Waals surface area contributed by atoms with Gasteiger partial charge in [0.05, 0.1) is 14.2 Å². The molecule has 0 aromatic heterocycles. The summed E-state index contributed by atoms with van der Waals surface area (Å²) in [5.41, 5.74) is 5.41. The van der Waals surface area contributed by atoms with Crippen LogP contribution < -0.4 is 19.9 Å². The molecule has 0 aliphatic carbocycles. The Kier molecular flexibility index (Phi) is 5.60. The van der Waals surface area contributed by atoms with E-state index in [1.807, 2.05) is 0 Å². The van der Waals surface area contributed by atoms with E-state index in [-0.39, 0.29) is 17.5 Å². The summed E-state index contributed by atoms with van der Waals surface area (Å²) in [6, 6.07) is 2.58. The van der Waals surface area contributed by atoms with Crippen LogP contribution in [0.15, 0.2) is 21.5 Å². The van der Waals surface area contributed by atoms with Crippen molar-refractivity contribution in [1.82, 2.24) is 4.72 Å². The molecule has 8 heteroatoms. The number of benzene rings is 1. The van der Waals surface area contributed by atoms with E-state index in [2.05, 4.69) is 20.7 Å². The van der Waals surface area contributed by atoms with Gasteiger partial charge in [-0.05, 0) is 28.9 Å². The van der Waals surface area contributed by atoms with Crippen LogP contribution in [0.3, 0.4) is 0 Å². The van der Waals surface area contributed by atoms with Gasteiger partial charge in [-0.15, -0.1) is 0 Å². The minimum Gasteiger partial charge on any atom is -0.493 e. The molecule has 0 aliphatic rings. The summed E-state index contributed by atoms with van der Waals surface area (Å²) in [5.74, 6) is 0.784. The van der Waals surface area contributed by atoms with Crippen LogP contribution in [-0.2, 0) is 10.0 Å². The lowest BCUT2D eigenvalue weighted by Gasteiger charge is -2.15. The van der Waals surface area contributed by atoms with Gasteiger partial charge < -0.3 is 15.2 Å². The molecule has 1 aromatic carbocycles. The molecule has 1 rings (SSSR count). The third kappa shape index (κ3) is 3.82. The van der Waals surface area contributed by atoms with Crippen LogP contribution in [0.5, 0.6) is 11.5 Å². The standard InChI is InChI=1S/C11H17BrN2O4S/c1-7(6-13)14-19(15,16)11-5-10(18-3)9(17-2)4-8(11)12/h4-5,7,14H,6,13H2,1-3H3. The lowest BCUT2D eigenvalue weighted by atomic mass is 10.3. The first-order chi connectivity index (χ1) is 8.85. The van der Waals surface area contributed by atoms with Crippen LogP contribution in [0, 0.1) is 0 Å². The van der Waals surface area contributed by atoms with Crippen LogP contribution in [0.25, 0.3) is 0 Å². The molecule has 0 saturated carbocycles. The molecule has 0 fully saturated rings. The molecule has 0 amide bonds. The van der Waals surface area contributed by atoms with E-state index in [9.17, 15) is 8.42 Å². The van der Waals surface area contributed by atoms with Gasteiger partial charge in [0.2, 0.25) is 10.0 Å². The molecule has 0 spiro atoms. The minimum absolute atomic E-state index is 0.0745. The zero-order valence-electron chi connectivity index (χ0n) is 10.9. The normalized spacial score (nSPS) is 13.1. The fraction of sp³-hybridized carbons (Fsp3) is 0.455. The molecule has 6 nitrogen and oxygen atoms in total. The van der Waals surface area contributed by atoms with Crippen molar-refractivity contribution in [2.75, 3.05) is 20.8 Å². The largest absolute Gasteiger partial charge is 0.493 e. The monoisotopic (exact) mass is 352 g/mol. The quantitative estimate of drug-likeness (QED) is 0.799. The average Bonchev–Trinajstić information content (AvgIpc) is 2.37. The number of rotatable bonds is 6. The van der Waals surface area contributed by atoms with Crippen molar-refractivity contribution >= 4 is 26.0 Å². The fourth-order valence-corrected chi connectivity index (χ4v) is 3.71. The van der Waals surface area contributed by atoms with Crippen molar-refractivity contribution < 1.29 is 17.9 Å². The summed E-state index contributed by atoms with van der Waals surface area (Å²) in [7, 11) is -0.750. The molecular formula is C11H17BrN2O4S. The van der Waals surface area contributed by atoms with Crippen molar-refractivity contribution in [2.24, 2.45) is 5.73 Å². The number of nitrogens with two attached hydrogens (primary N) is 1. The van der Waals surface area contributed by atoms with Gasteiger partial charge in [0, 0.05) is 23.1 Å². The zero-order valence-corrected chi connectivity index (χ0v) is 13.3. The van der Waals surface area contributed by atoms with Gasteiger partial charge in [0.25, 0.3) is 0 Å². The Balaban J connectivity index is 3.27. The lowest BCUT2D eigenvalue weighted by molar-refractivity contribution is 0.353. The number of sulfonamides is 1. The Morgan fingerprint density at radius 2 is 1.84 bits per heavy atom. The Bertz CT molecular complexity index is 548. The van der Waals surface area contributed by atoms with E-state index in [0.29, 0.717) is 16.0 Å². The molecule has 19 heavy (non-hydrogen) atoms. The van der Waals surface area contributed by atoms with Gasteiger partial charge in [-0.1, -0.05) is 0 Å². The molecule has 108 valence electrons. The highest BCUT2D eigenvalue weighted by Gasteiger charge is 2.22. The minimum atomic E-state index is -3.67. The van der Waals surface area contributed by atoms with E-state index in [1.54, 1.807) is 13.0 Å². The van der Waals surface area contributed by atoms with E-state index in [1.165, 1.54) is 20.3 Å². The van der Waals surface area contributed by atoms with Gasteiger partial charge in [0.15, 0.2) is 11.5 Å². The second-order valence-electron chi connectivity index (χ2n) is 3.90. The van der Waals surface area contributed by atoms with E-state index >= 15 is 0 Å². The number of nitrogens with one attached hydrogen (secondary N) is 1. The maximum atomic E-state index is 12.2. The molecule has 0 heterocycles. The Labute approximate surface area is 121 Å². The van der Waals surface area contributed by atoms with E-state index < -0.39 is 10.0 Å². The van der Waals surface area contributed by atoms with Crippen LogP contribution in [0.4, 0.5) is 0 Å². The van der Waals surface area contributed by atoms with Crippen molar-refractivity contribution in [2.45, 2.75) is 17.9 Å². The smallest absolute Gasteiger partial charge is 0.242 e.